The molecular formula is C20H20N4O4S. The molecule has 0 saturated carbocycles. The number of aromatic nitrogens is 2. The normalized spacial score (nSPS) is 11.2. The Morgan fingerprint density at radius 3 is 2.48 bits per heavy atom. The molecule has 3 rings (SSSR count). The number of hydrogen-bond acceptors (Lipinski definition) is 4. The van der Waals surface area contributed by atoms with Crippen LogP contribution in [0.15, 0.2) is 52.2 Å². The van der Waals surface area contributed by atoms with Crippen molar-refractivity contribution < 1.29 is 13.2 Å². The van der Waals surface area contributed by atoms with Crippen molar-refractivity contribution >= 4 is 32.7 Å². The molecule has 0 spiro atoms. The van der Waals surface area contributed by atoms with Gasteiger partial charge in [0.2, 0.25) is 5.91 Å². The van der Waals surface area contributed by atoms with E-state index in [9.17, 15) is 18.0 Å². The van der Waals surface area contributed by atoms with Crippen molar-refractivity contribution in [3.05, 3.63) is 58.5 Å². The molecule has 0 bridgehead atoms. The molecule has 1 N–H and O–H groups in total. The van der Waals surface area contributed by atoms with Crippen LogP contribution in [0.5, 0.6) is 0 Å². The third-order valence-electron chi connectivity index (χ3n) is 4.70. The van der Waals surface area contributed by atoms with Gasteiger partial charge in [-0.05, 0) is 36.4 Å². The average molecular weight is 412 g/mol. The molecular weight excluding hydrogens is 392 g/mol. The van der Waals surface area contributed by atoms with Crippen molar-refractivity contribution in [2.24, 2.45) is 14.1 Å². The molecule has 9 heteroatoms. The summed E-state index contributed by atoms with van der Waals surface area (Å²) in [5, 5.41) is 2.43. The number of fused-ring (bicyclic) bond motifs is 1. The SMILES string of the molecule is C#Cc1cccc(N(CC(=O)NC)S(=O)(=O)c2ccc3c(c2)n(C)c(=O)n3C)c1. The van der Waals surface area contributed by atoms with Crippen LogP contribution in [-0.4, -0.2) is 37.1 Å². The van der Waals surface area contributed by atoms with E-state index >= 15 is 0 Å². The summed E-state index contributed by atoms with van der Waals surface area (Å²) in [6, 6.07) is 10.8. The number of carbonyl (C=O) groups is 1. The van der Waals surface area contributed by atoms with Crippen LogP contribution in [0, 0.1) is 12.3 Å². The standard InChI is InChI=1S/C20H20N4O4S/c1-5-14-7-6-8-15(11-14)24(13-19(25)21-2)29(27,28)16-9-10-17-18(12-16)23(4)20(26)22(17)3/h1,6-12H,13H2,2-4H3,(H,21,25). The molecule has 0 aliphatic rings. The van der Waals surface area contributed by atoms with E-state index in [1.165, 1.54) is 34.4 Å². The van der Waals surface area contributed by atoms with Gasteiger partial charge in [-0.2, -0.15) is 0 Å². The summed E-state index contributed by atoms with van der Waals surface area (Å²) >= 11 is 0. The van der Waals surface area contributed by atoms with Crippen molar-refractivity contribution in [1.82, 2.24) is 14.5 Å². The number of benzene rings is 2. The zero-order chi connectivity index (χ0) is 21.3. The Morgan fingerprint density at radius 1 is 1.14 bits per heavy atom. The number of nitrogens with zero attached hydrogens (tertiary/aromatic N) is 3. The highest BCUT2D eigenvalue weighted by atomic mass is 32.2. The number of imidazole rings is 1. The fourth-order valence-corrected chi connectivity index (χ4v) is 4.48. The summed E-state index contributed by atoms with van der Waals surface area (Å²) in [7, 11) is 0.493. The van der Waals surface area contributed by atoms with Crippen LogP contribution in [0.25, 0.3) is 11.0 Å². The van der Waals surface area contributed by atoms with Crippen LogP contribution in [0.1, 0.15) is 5.56 Å². The van der Waals surface area contributed by atoms with Gasteiger partial charge in [0, 0.05) is 26.7 Å². The highest BCUT2D eigenvalue weighted by molar-refractivity contribution is 7.92. The van der Waals surface area contributed by atoms with Crippen LogP contribution in [-0.2, 0) is 28.9 Å². The topological polar surface area (TPSA) is 93.4 Å². The highest BCUT2D eigenvalue weighted by Crippen LogP contribution is 2.26. The second-order valence-electron chi connectivity index (χ2n) is 6.43. The first-order valence-electron chi connectivity index (χ1n) is 8.66. The fraction of sp³-hybridized carbons (Fsp3) is 0.200. The molecule has 0 aliphatic heterocycles. The number of aryl methyl sites for hydroxylation is 2. The molecule has 0 aliphatic carbocycles. The first kappa shape index (κ1) is 20.2. The number of anilines is 1. The fourth-order valence-electron chi connectivity index (χ4n) is 3.05. The monoisotopic (exact) mass is 412 g/mol. The number of amides is 1. The summed E-state index contributed by atoms with van der Waals surface area (Å²) in [5.41, 5.74) is 1.56. The Kier molecular flexibility index (Phi) is 5.22. The maximum Gasteiger partial charge on any atom is 0.328 e. The van der Waals surface area contributed by atoms with Gasteiger partial charge in [-0.25, -0.2) is 13.2 Å². The minimum atomic E-state index is -4.12. The van der Waals surface area contributed by atoms with E-state index in [4.69, 9.17) is 6.42 Å². The maximum atomic E-state index is 13.4. The Bertz CT molecular complexity index is 1310. The number of hydrogen-bond donors (Lipinski definition) is 1. The first-order chi connectivity index (χ1) is 13.7. The smallest absolute Gasteiger partial charge is 0.328 e. The van der Waals surface area contributed by atoms with E-state index in [1.54, 1.807) is 38.4 Å². The van der Waals surface area contributed by atoms with E-state index in [0.29, 0.717) is 16.6 Å². The Hall–Kier alpha value is -3.51. The zero-order valence-electron chi connectivity index (χ0n) is 16.2. The lowest BCUT2D eigenvalue weighted by molar-refractivity contribution is -0.119. The molecule has 0 saturated heterocycles. The summed E-state index contributed by atoms with van der Waals surface area (Å²) in [5.74, 6) is 1.98. The predicted molar refractivity (Wildman–Crippen MR) is 111 cm³/mol. The van der Waals surface area contributed by atoms with E-state index in [2.05, 4.69) is 11.2 Å². The molecule has 8 nitrogen and oxygen atoms in total. The molecule has 3 aromatic rings. The van der Waals surface area contributed by atoms with Gasteiger partial charge in [0.25, 0.3) is 10.0 Å². The Morgan fingerprint density at radius 2 is 1.83 bits per heavy atom. The van der Waals surface area contributed by atoms with Crippen LogP contribution < -0.4 is 15.3 Å². The molecule has 0 fully saturated rings. The molecule has 29 heavy (non-hydrogen) atoms. The third-order valence-corrected chi connectivity index (χ3v) is 6.47. The first-order valence-corrected chi connectivity index (χ1v) is 10.1. The van der Waals surface area contributed by atoms with Gasteiger partial charge < -0.3 is 5.32 Å². The van der Waals surface area contributed by atoms with E-state index in [0.717, 1.165) is 4.31 Å². The molecule has 1 aromatic heterocycles. The number of sulfonamides is 1. The second-order valence-corrected chi connectivity index (χ2v) is 8.29. The van der Waals surface area contributed by atoms with Crippen LogP contribution in [0.2, 0.25) is 0 Å². The van der Waals surface area contributed by atoms with Gasteiger partial charge in [0.05, 0.1) is 21.6 Å². The van der Waals surface area contributed by atoms with E-state index in [-0.39, 0.29) is 16.3 Å². The number of terminal acetylenes is 1. The molecule has 0 atom stereocenters. The van der Waals surface area contributed by atoms with Crippen molar-refractivity contribution in [3.8, 4) is 12.3 Å². The zero-order valence-corrected chi connectivity index (χ0v) is 17.0. The van der Waals surface area contributed by atoms with Crippen molar-refractivity contribution in [3.63, 3.8) is 0 Å². The van der Waals surface area contributed by atoms with Gasteiger partial charge in [0.15, 0.2) is 0 Å². The summed E-state index contributed by atoms with van der Waals surface area (Å²) in [6.07, 6.45) is 5.43. The van der Waals surface area contributed by atoms with Gasteiger partial charge in [-0.15, -0.1) is 6.42 Å². The summed E-state index contributed by atoms with van der Waals surface area (Å²) in [6.45, 7) is -0.418. The Labute approximate surface area is 168 Å². The molecule has 0 radical (unpaired) electrons. The van der Waals surface area contributed by atoms with Gasteiger partial charge in [-0.3, -0.25) is 18.2 Å². The van der Waals surface area contributed by atoms with Crippen LogP contribution >= 0.6 is 0 Å². The highest BCUT2D eigenvalue weighted by Gasteiger charge is 2.28. The molecule has 150 valence electrons. The molecule has 1 amide bonds. The number of likely N-dealkylation sites (N-methyl/N-ethyl adjacent to an activating group) is 1. The second kappa shape index (κ2) is 7.48. The number of rotatable bonds is 5. The molecule has 2 aromatic carbocycles. The van der Waals surface area contributed by atoms with Crippen LogP contribution in [0.3, 0.4) is 0 Å². The third kappa shape index (κ3) is 3.50. The summed E-state index contributed by atoms with van der Waals surface area (Å²) in [4.78, 5) is 24.1. The maximum absolute atomic E-state index is 13.4. The lowest BCUT2D eigenvalue weighted by atomic mass is 10.2. The van der Waals surface area contributed by atoms with Crippen molar-refractivity contribution in [1.29, 1.82) is 0 Å². The Balaban J connectivity index is 2.19. The largest absolute Gasteiger partial charge is 0.358 e. The minimum absolute atomic E-state index is 0.0405. The van der Waals surface area contributed by atoms with Gasteiger partial charge in [0.1, 0.15) is 6.54 Å². The molecule has 1 heterocycles. The number of carbonyl (C=O) groups excluding carboxylic acids is 1. The quantitative estimate of drug-likeness (QED) is 0.628. The van der Waals surface area contributed by atoms with Crippen molar-refractivity contribution in [2.45, 2.75) is 4.90 Å². The lowest BCUT2D eigenvalue weighted by Gasteiger charge is -2.24. The van der Waals surface area contributed by atoms with Gasteiger partial charge in [-0.1, -0.05) is 12.0 Å². The van der Waals surface area contributed by atoms with Crippen LogP contribution in [0.4, 0.5) is 5.69 Å². The predicted octanol–water partition coefficient (Wildman–Crippen LogP) is 0.800. The van der Waals surface area contributed by atoms with E-state index < -0.39 is 22.5 Å². The number of nitrogens with one attached hydrogen (secondary N) is 1. The van der Waals surface area contributed by atoms with Crippen molar-refractivity contribution in [2.75, 3.05) is 17.9 Å². The summed E-state index contributed by atoms with van der Waals surface area (Å²) < 4.78 is 30.7. The lowest BCUT2D eigenvalue weighted by Crippen LogP contribution is -2.39. The molecule has 0 unspecified atom stereocenters. The van der Waals surface area contributed by atoms with E-state index in [1.807, 2.05) is 0 Å². The van der Waals surface area contributed by atoms with Gasteiger partial charge >= 0.3 is 5.69 Å². The minimum Gasteiger partial charge on any atom is -0.358 e. The average Bonchev–Trinajstić information content (AvgIpc) is 2.95.